The van der Waals surface area contributed by atoms with Crippen molar-refractivity contribution in [2.75, 3.05) is 23.7 Å². The van der Waals surface area contributed by atoms with Gasteiger partial charge in [0.05, 0.1) is 17.6 Å². The smallest absolute Gasteiger partial charge is 0.0738 e. The van der Waals surface area contributed by atoms with Gasteiger partial charge in [-0.15, -0.1) is 0 Å². The van der Waals surface area contributed by atoms with E-state index in [9.17, 15) is 0 Å². The Kier molecular flexibility index (Phi) is 2.54. The molecule has 1 aliphatic heterocycles. The van der Waals surface area contributed by atoms with Gasteiger partial charge in [-0.3, -0.25) is 4.98 Å². The first-order chi connectivity index (χ1) is 6.77. The molecule has 1 aromatic rings. The molecule has 0 aliphatic carbocycles. The Bertz CT molecular complexity index is 305. The Morgan fingerprint density at radius 2 is 2.07 bits per heavy atom. The largest absolute Gasteiger partial charge is 0.396 e. The Balaban J connectivity index is 2.12. The molecule has 0 atom stereocenters. The van der Waals surface area contributed by atoms with Crippen LogP contribution in [-0.2, 0) is 0 Å². The Hall–Kier alpha value is -1.29. The second-order valence-corrected chi connectivity index (χ2v) is 3.76. The van der Waals surface area contributed by atoms with Crippen LogP contribution in [0.25, 0.3) is 0 Å². The van der Waals surface area contributed by atoms with Gasteiger partial charge in [-0.2, -0.15) is 0 Å². The number of rotatable bonds is 1. The second kappa shape index (κ2) is 3.84. The lowest BCUT2D eigenvalue weighted by Gasteiger charge is -2.32. The molecule has 0 amide bonds. The van der Waals surface area contributed by atoms with Crippen molar-refractivity contribution >= 4 is 11.4 Å². The molecular weight excluding hydrogens is 176 g/mol. The van der Waals surface area contributed by atoms with E-state index in [1.807, 2.05) is 6.07 Å². The number of anilines is 2. The first-order valence-electron chi connectivity index (χ1n) is 4.97. The Labute approximate surface area is 83.9 Å². The molecule has 4 N–H and O–H groups in total. The normalized spacial score (nSPS) is 18.5. The minimum absolute atomic E-state index is 0.356. The average molecular weight is 192 g/mol. The second-order valence-electron chi connectivity index (χ2n) is 3.76. The lowest BCUT2D eigenvalue weighted by atomic mass is 10.1. The molecule has 1 aliphatic rings. The zero-order valence-corrected chi connectivity index (χ0v) is 8.19. The Morgan fingerprint density at radius 1 is 1.36 bits per heavy atom. The molecule has 2 rings (SSSR count). The van der Waals surface area contributed by atoms with Crippen LogP contribution < -0.4 is 16.4 Å². The van der Waals surface area contributed by atoms with Crippen LogP contribution in [0.15, 0.2) is 18.5 Å². The topological polar surface area (TPSA) is 68.2 Å². The summed E-state index contributed by atoms with van der Waals surface area (Å²) in [4.78, 5) is 6.26. The number of nitrogens with two attached hydrogens (primary N) is 2. The van der Waals surface area contributed by atoms with E-state index in [0.29, 0.717) is 6.04 Å². The van der Waals surface area contributed by atoms with Crippen LogP contribution in [0.4, 0.5) is 11.4 Å². The number of piperidine rings is 1. The number of pyridine rings is 1. The number of nitrogen functional groups attached to an aromatic ring is 1. The maximum atomic E-state index is 5.85. The van der Waals surface area contributed by atoms with E-state index in [-0.39, 0.29) is 0 Å². The lowest BCUT2D eigenvalue weighted by molar-refractivity contribution is 0.501. The molecule has 0 saturated carbocycles. The highest BCUT2D eigenvalue weighted by atomic mass is 15.1. The molecule has 1 saturated heterocycles. The predicted octanol–water partition coefficient (Wildman–Crippen LogP) is 0.591. The summed E-state index contributed by atoms with van der Waals surface area (Å²) in [5.41, 5.74) is 13.5. The van der Waals surface area contributed by atoms with E-state index in [2.05, 4.69) is 9.88 Å². The average Bonchev–Trinajstić information content (AvgIpc) is 2.20. The highest BCUT2D eigenvalue weighted by Crippen LogP contribution is 2.24. The molecule has 14 heavy (non-hydrogen) atoms. The summed E-state index contributed by atoms with van der Waals surface area (Å²) < 4.78 is 0. The number of aromatic nitrogens is 1. The van der Waals surface area contributed by atoms with Gasteiger partial charge in [-0.1, -0.05) is 0 Å². The van der Waals surface area contributed by atoms with Gasteiger partial charge >= 0.3 is 0 Å². The summed E-state index contributed by atoms with van der Waals surface area (Å²) in [7, 11) is 0. The standard InChI is InChI=1S/C10H16N4/c11-8-2-5-14(6-3-8)10-1-4-13-7-9(10)12/h1,4,7-8H,2-3,5-6,11-12H2. The van der Waals surface area contributed by atoms with Gasteiger partial charge in [0.15, 0.2) is 0 Å². The molecule has 2 heterocycles. The third kappa shape index (κ3) is 1.80. The molecule has 0 unspecified atom stereocenters. The summed E-state index contributed by atoms with van der Waals surface area (Å²) in [5.74, 6) is 0. The first-order valence-corrected chi connectivity index (χ1v) is 4.97. The van der Waals surface area contributed by atoms with Gasteiger partial charge in [0.2, 0.25) is 0 Å². The van der Waals surface area contributed by atoms with E-state index in [0.717, 1.165) is 37.3 Å². The van der Waals surface area contributed by atoms with E-state index >= 15 is 0 Å². The van der Waals surface area contributed by atoms with Crippen molar-refractivity contribution in [2.24, 2.45) is 5.73 Å². The summed E-state index contributed by atoms with van der Waals surface area (Å²) >= 11 is 0. The van der Waals surface area contributed by atoms with Crippen molar-refractivity contribution in [3.05, 3.63) is 18.5 Å². The number of hydrogen-bond acceptors (Lipinski definition) is 4. The van der Waals surface area contributed by atoms with Crippen LogP contribution in [0.2, 0.25) is 0 Å². The fourth-order valence-electron chi connectivity index (χ4n) is 1.83. The minimum atomic E-state index is 0.356. The van der Waals surface area contributed by atoms with Crippen molar-refractivity contribution in [3.8, 4) is 0 Å². The molecule has 1 fully saturated rings. The lowest BCUT2D eigenvalue weighted by Crippen LogP contribution is -2.39. The summed E-state index contributed by atoms with van der Waals surface area (Å²) in [6.45, 7) is 1.99. The molecular formula is C10H16N4. The van der Waals surface area contributed by atoms with Gasteiger partial charge in [-0.25, -0.2) is 0 Å². The monoisotopic (exact) mass is 192 g/mol. The van der Waals surface area contributed by atoms with Crippen LogP contribution in [0.3, 0.4) is 0 Å². The fraction of sp³-hybridized carbons (Fsp3) is 0.500. The van der Waals surface area contributed by atoms with E-state index in [4.69, 9.17) is 11.5 Å². The van der Waals surface area contributed by atoms with Crippen LogP contribution in [0, 0.1) is 0 Å². The summed E-state index contributed by atoms with van der Waals surface area (Å²) in [5, 5.41) is 0. The highest BCUT2D eigenvalue weighted by Gasteiger charge is 2.17. The molecule has 0 spiro atoms. The fourth-order valence-corrected chi connectivity index (χ4v) is 1.83. The van der Waals surface area contributed by atoms with Crippen LogP contribution in [0.5, 0.6) is 0 Å². The number of hydrogen-bond donors (Lipinski definition) is 2. The molecule has 0 bridgehead atoms. The highest BCUT2D eigenvalue weighted by molar-refractivity contribution is 5.66. The first kappa shape index (κ1) is 9.27. The van der Waals surface area contributed by atoms with Gasteiger partial charge in [0, 0.05) is 25.3 Å². The molecule has 1 aromatic heterocycles. The van der Waals surface area contributed by atoms with Crippen molar-refractivity contribution in [1.82, 2.24) is 4.98 Å². The molecule has 4 heteroatoms. The van der Waals surface area contributed by atoms with Crippen molar-refractivity contribution in [1.29, 1.82) is 0 Å². The van der Waals surface area contributed by atoms with E-state index < -0.39 is 0 Å². The van der Waals surface area contributed by atoms with Crippen LogP contribution in [0.1, 0.15) is 12.8 Å². The zero-order valence-electron chi connectivity index (χ0n) is 8.19. The van der Waals surface area contributed by atoms with Crippen LogP contribution >= 0.6 is 0 Å². The van der Waals surface area contributed by atoms with E-state index in [1.54, 1.807) is 12.4 Å². The SMILES string of the molecule is Nc1cnccc1N1CCC(N)CC1. The van der Waals surface area contributed by atoms with Crippen LogP contribution in [-0.4, -0.2) is 24.1 Å². The predicted molar refractivity (Wildman–Crippen MR) is 58.1 cm³/mol. The molecule has 76 valence electrons. The molecule has 0 radical (unpaired) electrons. The van der Waals surface area contributed by atoms with Gasteiger partial charge < -0.3 is 16.4 Å². The maximum absolute atomic E-state index is 5.85. The quantitative estimate of drug-likeness (QED) is 0.683. The molecule has 4 nitrogen and oxygen atoms in total. The molecule has 0 aromatic carbocycles. The van der Waals surface area contributed by atoms with Gasteiger partial charge in [-0.05, 0) is 18.9 Å². The minimum Gasteiger partial charge on any atom is -0.396 e. The third-order valence-electron chi connectivity index (χ3n) is 2.71. The van der Waals surface area contributed by atoms with Gasteiger partial charge in [0.25, 0.3) is 0 Å². The van der Waals surface area contributed by atoms with Crippen molar-refractivity contribution < 1.29 is 0 Å². The van der Waals surface area contributed by atoms with E-state index in [1.165, 1.54) is 0 Å². The maximum Gasteiger partial charge on any atom is 0.0738 e. The third-order valence-corrected chi connectivity index (χ3v) is 2.71. The van der Waals surface area contributed by atoms with Crippen molar-refractivity contribution in [3.63, 3.8) is 0 Å². The Morgan fingerprint density at radius 3 is 2.71 bits per heavy atom. The van der Waals surface area contributed by atoms with Gasteiger partial charge in [0.1, 0.15) is 0 Å². The number of nitrogens with zero attached hydrogens (tertiary/aromatic N) is 2. The summed E-state index contributed by atoms with van der Waals surface area (Å²) in [6.07, 6.45) is 5.56. The zero-order chi connectivity index (χ0) is 9.97. The van der Waals surface area contributed by atoms with Crippen molar-refractivity contribution in [2.45, 2.75) is 18.9 Å². The summed E-state index contributed by atoms with van der Waals surface area (Å²) in [6, 6.07) is 2.32.